The third-order valence-electron chi connectivity index (χ3n) is 2.18. The second kappa shape index (κ2) is 3.65. The monoisotopic (exact) mass is 204 g/mol. The summed E-state index contributed by atoms with van der Waals surface area (Å²) in [6, 6.07) is 7.63. The minimum Gasteiger partial charge on any atom is -0.594 e. The van der Waals surface area contributed by atoms with E-state index in [-0.39, 0.29) is 5.82 Å². The van der Waals surface area contributed by atoms with Crippen LogP contribution in [-0.4, -0.2) is 5.10 Å². The Hall–Kier alpha value is -1.97. The first-order valence-electron chi connectivity index (χ1n) is 4.50. The molecule has 0 unspecified atom stereocenters. The van der Waals surface area contributed by atoms with Gasteiger partial charge in [-0.25, -0.2) is 4.39 Å². The normalized spacial score (nSPS) is 10.3. The van der Waals surface area contributed by atoms with Crippen molar-refractivity contribution in [1.82, 2.24) is 5.10 Å². The largest absolute Gasteiger partial charge is 0.594 e. The summed E-state index contributed by atoms with van der Waals surface area (Å²) < 4.78 is 12.9. The Balaban J connectivity index is 2.60. The van der Waals surface area contributed by atoms with E-state index in [9.17, 15) is 9.60 Å². The summed E-state index contributed by atoms with van der Waals surface area (Å²) >= 11 is 0. The molecule has 0 fully saturated rings. The molecule has 0 aliphatic rings. The lowest BCUT2D eigenvalue weighted by Crippen LogP contribution is -2.33. The maximum Gasteiger partial charge on any atom is 0.252 e. The van der Waals surface area contributed by atoms with Gasteiger partial charge in [-0.3, -0.25) is 0 Å². The molecule has 1 aromatic heterocycles. The van der Waals surface area contributed by atoms with Crippen molar-refractivity contribution in [3.8, 4) is 11.3 Å². The van der Waals surface area contributed by atoms with Gasteiger partial charge in [0.25, 0.3) is 5.69 Å². The lowest BCUT2D eigenvalue weighted by Gasteiger charge is -2.04. The molecule has 0 saturated carbocycles. The number of aryl methyl sites for hydroxylation is 1. The average Bonchev–Trinajstić information content (AvgIpc) is 2.20. The smallest absolute Gasteiger partial charge is 0.252 e. The second-order valence-corrected chi connectivity index (χ2v) is 3.24. The van der Waals surface area contributed by atoms with E-state index < -0.39 is 0 Å². The van der Waals surface area contributed by atoms with E-state index in [0.29, 0.717) is 21.7 Å². The molecular weight excluding hydrogens is 195 g/mol. The van der Waals surface area contributed by atoms with E-state index in [2.05, 4.69) is 5.10 Å². The van der Waals surface area contributed by atoms with Crippen LogP contribution in [0.2, 0.25) is 0 Å². The maximum atomic E-state index is 12.9. The molecule has 0 saturated heterocycles. The van der Waals surface area contributed by atoms with Crippen LogP contribution in [0.5, 0.6) is 0 Å². The summed E-state index contributed by atoms with van der Waals surface area (Å²) in [4.78, 5) is 0.528. The number of rotatable bonds is 1. The van der Waals surface area contributed by atoms with Crippen LogP contribution in [0.15, 0.2) is 36.5 Å². The van der Waals surface area contributed by atoms with Gasteiger partial charge in [0.15, 0.2) is 0 Å². The highest BCUT2D eigenvalue weighted by molar-refractivity contribution is 5.60. The Morgan fingerprint density at radius 3 is 2.80 bits per heavy atom. The van der Waals surface area contributed by atoms with Crippen LogP contribution in [-0.2, 0) is 0 Å². The van der Waals surface area contributed by atoms with E-state index in [1.54, 1.807) is 25.1 Å². The first-order valence-corrected chi connectivity index (χ1v) is 4.50. The van der Waals surface area contributed by atoms with Crippen LogP contribution in [0.25, 0.3) is 11.3 Å². The molecular formula is C11H9FN2O. The number of halogens is 1. The summed E-state index contributed by atoms with van der Waals surface area (Å²) in [5, 5.41) is 15.0. The van der Waals surface area contributed by atoms with Crippen LogP contribution < -0.4 is 4.85 Å². The van der Waals surface area contributed by atoms with Crippen LogP contribution >= 0.6 is 0 Å². The van der Waals surface area contributed by atoms with Crippen molar-refractivity contribution < 1.29 is 9.24 Å². The molecule has 0 N–H and O–H groups in total. The van der Waals surface area contributed by atoms with Crippen molar-refractivity contribution in [3.05, 3.63) is 53.1 Å². The minimum absolute atomic E-state index is 0.308. The van der Waals surface area contributed by atoms with Crippen molar-refractivity contribution in [3.63, 3.8) is 0 Å². The summed E-state index contributed by atoms with van der Waals surface area (Å²) in [7, 11) is 0. The topological polar surface area (TPSA) is 39.8 Å². The van der Waals surface area contributed by atoms with E-state index >= 15 is 0 Å². The quantitative estimate of drug-likeness (QED) is 0.525. The van der Waals surface area contributed by atoms with Crippen LogP contribution in [0.3, 0.4) is 0 Å². The van der Waals surface area contributed by atoms with Gasteiger partial charge >= 0.3 is 0 Å². The van der Waals surface area contributed by atoms with Gasteiger partial charge in [0.05, 0.1) is 11.8 Å². The standard InChI is InChI=1S/C11H9FN2O/c1-8-7-9(12)4-5-10(8)11-3-2-6-13-14(11)15/h2-7H,1H3. The molecule has 1 aromatic carbocycles. The molecule has 1 heterocycles. The molecule has 2 rings (SSSR count). The first kappa shape index (κ1) is 9.58. The molecule has 3 nitrogen and oxygen atoms in total. The highest BCUT2D eigenvalue weighted by Crippen LogP contribution is 2.20. The molecule has 2 aromatic rings. The highest BCUT2D eigenvalue weighted by atomic mass is 19.1. The van der Waals surface area contributed by atoms with Gasteiger partial charge in [0.1, 0.15) is 5.82 Å². The highest BCUT2D eigenvalue weighted by Gasteiger charge is 2.11. The Kier molecular flexibility index (Phi) is 2.33. The Labute approximate surface area is 86.4 Å². The maximum absolute atomic E-state index is 12.9. The molecule has 0 aliphatic carbocycles. The molecule has 15 heavy (non-hydrogen) atoms. The fourth-order valence-electron chi connectivity index (χ4n) is 1.47. The lowest BCUT2D eigenvalue weighted by molar-refractivity contribution is -0.658. The molecule has 76 valence electrons. The lowest BCUT2D eigenvalue weighted by atomic mass is 10.1. The summed E-state index contributed by atoms with van der Waals surface area (Å²) in [6.07, 6.45) is 1.41. The Bertz CT molecular complexity index is 500. The van der Waals surface area contributed by atoms with E-state index in [1.165, 1.54) is 18.3 Å². The zero-order valence-electron chi connectivity index (χ0n) is 8.14. The van der Waals surface area contributed by atoms with Gasteiger partial charge in [-0.2, -0.15) is 0 Å². The molecule has 0 bridgehead atoms. The first-order chi connectivity index (χ1) is 7.18. The molecule has 0 aliphatic heterocycles. The zero-order valence-corrected chi connectivity index (χ0v) is 8.14. The molecule has 0 atom stereocenters. The van der Waals surface area contributed by atoms with E-state index in [0.717, 1.165) is 0 Å². The van der Waals surface area contributed by atoms with Gasteiger partial charge in [0.2, 0.25) is 0 Å². The van der Waals surface area contributed by atoms with Gasteiger partial charge < -0.3 is 5.21 Å². The van der Waals surface area contributed by atoms with Crippen molar-refractivity contribution in [2.75, 3.05) is 0 Å². The van der Waals surface area contributed by atoms with E-state index in [1.807, 2.05) is 0 Å². The van der Waals surface area contributed by atoms with Crippen molar-refractivity contribution in [2.24, 2.45) is 0 Å². The third kappa shape index (κ3) is 1.79. The Morgan fingerprint density at radius 1 is 1.33 bits per heavy atom. The van der Waals surface area contributed by atoms with Crippen LogP contribution in [0, 0.1) is 17.9 Å². The predicted molar refractivity (Wildman–Crippen MR) is 53.3 cm³/mol. The third-order valence-corrected chi connectivity index (χ3v) is 2.18. The second-order valence-electron chi connectivity index (χ2n) is 3.24. The van der Waals surface area contributed by atoms with Crippen molar-refractivity contribution >= 4 is 0 Å². The fourth-order valence-corrected chi connectivity index (χ4v) is 1.47. The minimum atomic E-state index is -0.308. The molecule has 4 heteroatoms. The molecule has 0 radical (unpaired) electrons. The van der Waals surface area contributed by atoms with Gasteiger partial charge in [-0.15, -0.1) is 0 Å². The SMILES string of the molecule is Cc1cc(F)ccc1-c1cccn[n+]1[O-]. The number of hydrogen-bond acceptors (Lipinski definition) is 2. The fraction of sp³-hybridized carbons (Fsp3) is 0.0909. The molecule has 0 amide bonds. The predicted octanol–water partition coefficient (Wildman–Crippen LogP) is 1.83. The van der Waals surface area contributed by atoms with Crippen LogP contribution in [0.1, 0.15) is 5.56 Å². The summed E-state index contributed by atoms with van der Waals surface area (Å²) in [6.45, 7) is 1.76. The number of benzene rings is 1. The average molecular weight is 204 g/mol. The van der Waals surface area contributed by atoms with Crippen LogP contribution in [0.4, 0.5) is 4.39 Å². The number of hydrogen-bond donors (Lipinski definition) is 0. The van der Waals surface area contributed by atoms with Crippen molar-refractivity contribution in [1.29, 1.82) is 0 Å². The summed E-state index contributed by atoms with van der Waals surface area (Å²) in [5.74, 6) is -0.308. The van der Waals surface area contributed by atoms with Gasteiger partial charge in [-0.05, 0) is 36.8 Å². The number of nitrogens with zero attached hydrogens (tertiary/aromatic N) is 2. The van der Waals surface area contributed by atoms with Gasteiger partial charge in [0, 0.05) is 11.2 Å². The van der Waals surface area contributed by atoms with Crippen molar-refractivity contribution in [2.45, 2.75) is 6.92 Å². The zero-order chi connectivity index (χ0) is 10.8. The van der Waals surface area contributed by atoms with E-state index in [4.69, 9.17) is 0 Å². The summed E-state index contributed by atoms with van der Waals surface area (Å²) in [5.41, 5.74) is 1.84. The van der Waals surface area contributed by atoms with Gasteiger partial charge in [-0.1, -0.05) is 4.85 Å². The number of aromatic nitrogens is 2. The molecule has 0 spiro atoms. The Morgan fingerprint density at radius 2 is 2.13 bits per heavy atom.